The summed E-state index contributed by atoms with van der Waals surface area (Å²) >= 11 is 11.9. The van der Waals surface area contributed by atoms with E-state index < -0.39 is 0 Å². The average Bonchev–Trinajstić information content (AvgIpc) is 3.13. The van der Waals surface area contributed by atoms with Crippen LogP contribution in [0.5, 0.6) is 0 Å². The third kappa shape index (κ3) is 3.93. The first-order chi connectivity index (χ1) is 11.5. The number of rotatable bonds is 5. The molecule has 0 fully saturated rings. The van der Waals surface area contributed by atoms with Crippen LogP contribution in [0.15, 0.2) is 36.8 Å². The van der Waals surface area contributed by atoms with Crippen LogP contribution in [0.2, 0.25) is 10.0 Å². The summed E-state index contributed by atoms with van der Waals surface area (Å²) in [6.07, 6.45) is 3.18. The van der Waals surface area contributed by atoms with E-state index in [2.05, 4.69) is 20.5 Å². The highest BCUT2D eigenvalue weighted by Gasteiger charge is 2.09. The highest BCUT2D eigenvalue weighted by atomic mass is 35.5. The van der Waals surface area contributed by atoms with Gasteiger partial charge < -0.3 is 0 Å². The number of aromatic nitrogens is 5. The summed E-state index contributed by atoms with van der Waals surface area (Å²) in [5.41, 5.74) is 1.84. The first kappa shape index (κ1) is 16.5. The van der Waals surface area contributed by atoms with Crippen molar-refractivity contribution in [3.05, 3.63) is 58.1 Å². The first-order valence-electron chi connectivity index (χ1n) is 7.13. The Hall–Kier alpha value is -2.38. The average molecular weight is 365 g/mol. The van der Waals surface area contributed by atoms with Gasteiger partial charge in [-0.3, -0.25) is 14.8 Å². The van der Waals surface area contributed by atoms with Gasteiger partial charge in [-0.25, -0.2) is 9.67 Å². The molecular formula is C15H14Cl2N6O. The number of carbonyl (C=O) groups is 1. The number of nitrogens with one attached hydrogen (secondary N) is 1. The molecule has 7 nitrogen and oxygen atoms in total. The summed E-state index contributed by atoms with van der Waals surface area (Å²) in [5.74, 6) is -0.000966. The Morgan fingerprint density at radius 1 is 1.25 bits per heavy atom. The van der Waals surface area contributed by atoms with Gasteiger partial charge in [0.05, 0.1) is 16.6 Å². The minimum absolute atomic E-state index is 0.111. The lowest BCUT2D eigenvalue weighted by atomic mass is 10.2. The number of halogens is 2. The lowest BCUT2D eigenvalue weighted by Gasteiger charge is -2.04. The summed E-state index contributed by atoms with van der Waals surface area (Å²) in [7, 11) is 0. The van der Waals surface area contributed by atoms with Gasteiger partial charge in [0.2, 0.25) is 11.9 Å². The van der Waals surface area contributed by atoms with E-state index in [1.54, 1.807) is 27.7 Å². The standard InChI is InChI=1S/C15H14Cl2N6O/c1-10-4-5-19-23(10)8-14(24)20-15-18-9-22(21-15)7-11-2-3-12(16)13(17)6-11/h2-6,9H,7-8H2,1H3,(H,20,21,24). The molecule has 9 heteroatoms. The van der Waals surface area contributed by atoms with Gasteiger partial charge in [-0.2, -0.15) is 5.10 Å². The SMILES string of the molecule is Cc1ccnn1CC(=O)Nc1ncn(Cc2ccc(Cl)c(Cl)c2)n1. The van der Waals surface area contributed by atoms with Crippen molar-refractivity contribution >= 4 is 35.1 Å². The fraction of sp³-hybridized carbons (Fsp3) is 0.200. The van der Waals surface area contributed by atoms with Crippen molar-refractivity contribution in [3.8, 4) is 0 Å². The molecule has 1 amide bonds. The highest BCUT2D eigenvalue weighted by molar-refractivity contribution is 6.42. The molecule has 2 heterocycles. The van der Waals surface area contributed by atoms with Crippen LogP contribution in [-0.2, 0) is 17.9 Å². The predicted octanol–water partition coefficient (Wildman–Crippen LogP) is 2.78. The van der Waals surface area contributed by atoms with Crippen LogP contribution < -0.4 is 5.32 Å². The Morgan fingerprint density at radius 2 is 2.08 bits per heavy atom. The third-order valence-corrected chi connectivity index (χ3v) is 4.08. The van der Waals surface area contributed by atoms with E-state index in [1.807, 2.05) is 19.1 Å². The van der Waals surface area contributed by atoms with Crippen LogP contribution in [0.25, 0.3) is 0 Å². The molecule has 24 heavy (non-hydrogen) atoms. The van der Waals surface area contributed by atoms with Crippen molar-refractivity contribution in [1.29, 1.82) is 0 Å². The van der Waals surface area contributed by atoms with Crippen molar-refractivity contribution in [3.63, 3.8) is 0 Å². The molecule has 3 aromatic rings. The molecule has 0 aliphatic rings. The lowest BCUT2D eigenvalue weighted by molar-refractivity contribution is -0.117. The smallest absolute Gasteiger partial charge is 0.248 e. The zero-order valence-electron chi connectivity index (χ0n) is 12.8. The third-order valence-electron chi connectivity index (χ3n) is 3.34. The van der Waals surface area contributed by atoms with E-state index in [0.29, 0.717) is 16.6 Å². The Bertz CT molecular complexity index is 872. The second-order valence-electron chi connectivity index (χ2n) is 5.19. The van der Waals surface area contributed by atoms with Crippen molar-refractivity contribution < 1.29 is 4.79 Å². The van der Waals surface area contributed by atoms with Crippen LogP contribution >= 0.6 is 23.2 Å². The van der Waals surface area contributed by atoms with E-state index >= 15 is 0 Å². The molecule has 3 rings (SSSR count). The van der Waals surface area contributed by atoms with Gasteiger partial charge in [0, 0.05) is 11.9 Å². The monoisotopic (exact) mass is 364 g/mol. The zero-order chi connectivity index (χ0) is 17.1. The van der Waals surface area contributed by atoms with E-state index in [-0.39, 0.29) is 18.4 Å². The largest absolute Gasteiger partial charge is 0.292 e. The first-order valence-corrected chi connectivity index (χ1v) is 7.88. The maximum absolute atomic E-state index is 12.0. The Morgan fingerprint density at radius 3 is 2.79 bits per heavy atom. The molecule has 0 spiro atoms. The fourth-order valence-corrected chi connectivity index (χ4v) is 2.44. The van der Waals surface area contributed by atoms with E-state index in [4.69, 9.17) is 23.2 Å². The van der Waals surface area contributed by atoms with Gasteiger partial charge in [-0.1, -0.05) is 29.3 Å². The number of aryl methyl sites for hydroxylation is 1. The summed E-state index contributed by atoms with van der Waals surface area (Å²) in [6, 6.07) is 7.18. The maximum atomic E-state index is 12.0. The number of nitrogens with zero attached hydrogens (tertiary/aromatic N) is 5. The lowest BCUT2D eigenvalue weighted by Crippen LogP contribution is -2.21. The second-order valence-corrected chi connectivity index (χ2v) is 6.01. The van der Waals surface area contributed by atoms with Crippen LogP contribution in [-0.4, -0.2) is 30.5 Å². The van der Waals surface area contributed by atoms with Crippen LogP contribution in [0.1, 0.15) is 11.3 Å². The molecule has 0 unspecified atom stereocenters. The van der Waals surface area contributed by atoms with Gasteiger partial charge in [-0.05, 0) is 30.7 Å². The second kappa shape index (κ2) is 7.02. The highest BCUT2D eigenvalue weighted by Crippen LogP contribution is 2.22. The molecule has 0 radical (unpaired) electrons. The molecule has 0 bridgehead atoms. The summed E-state index contributed by atoms with van der Waals surface area (Å²) in [4.78, 5) is 16.1. The molecule has 2 aromatic heterocycles. The number of benzene rings is 1. The van der Waals surface area contributed by atoms with E-state index in [0.717, 1.165) is 11.3 Å². The maximum Gasteiger partial charge on any atom is 0.248 e. The van der Waals surface area contributed by atoms with Gasteiger partial charge in [-0.15, -0.1) is 5.10 Å². The normalized spacial score (nSPS) is 10.8. The quantitative estimate of drug-likeness (QED) is 0.754. The molecule has 1 N–H and O–H groups in total. The van der Waals surface area contributed by atoms with Crippen molar-refractivity contribution in [2.75, 3.05) is 5.32 Å². The van der Waals surface area contributed by atoms with Crippen molar-refractivity contribution in [2.45, 2.75) is 20.0 Å². The summed E-state index contributed by atoms with van der Waals surface area (Å²) in [6.45, 7) is 2.46. The van der Waals surface area contributed by atoms with Gasteiger partial charge >= 0.3 is 0 Å². The van der Waals surface area contributed by atoms with Gasteiger partial charge in [0.1, 0.15) is 12.9 Å². The van der Waals surface area contributed by atoms with Gasteiger partial charge in [0.25, 0.3) is 0 Å². The molecule has 1 aromatic carbocycles. The van der Waals surface area contributed by atoms with Crippen LogP contribution in [0.3, 0.4) is 0 Å². The van der Waals surface area contributed by atoms with Crippen LogP contribution in [0, 0.1) is 6.92 Å². The molecule has 124 valence electrons. The number of hydrogen-bond donors (Lipinski definition) is 1. The Labute approximate surface area is 148 Å². The minimum atomic E-state index is -0.242. The molecule has 0 saturated heterocycles. The fourth-order valence-electron chi connectivity index (χ4n) is 2.12. The van der Waals surface area contributed by atoms with E-state index in [9.17, 15) is 4.79 Å². The summed E-state index contributed by atoms with van der Waals surface area (Å²) in [5, 5.41) is 11.9. The molecular weight excluding hydrogens is 351 g/mol. The Kier molecular flexibility index (Phi) is 4.82. The van der Waals surface area contributed by atoms with Crippen molar-refractivity contribution in [1.82, 2.24) is 24.5 Å². The molecule has 0 saturated carbocycles. The Balaban J connectivity index is 1.61. The number of amides is 1. The predicted molar refractivity (Wildman–Crippen MR) is 91.2 cm³/mol. The molecule has 0 atom stereocenters. The van der Waals surface area contributed by atoms with Crippen molar-refractivity contribution in [2.24, 2.45) is 0 Å². The number of carbonyl (C=O) groups excluding carboxylic acids is 1. The number of anilines is 1. The number of hydrogen-bond acceptors (Lipinski definition) is 4. The molecule has 0 aliphatic heterocycles. The van der Waals surface area contributed by atoms with E-state index in [1.165, 1.54) is 6.33 Å². The van der Waals surface area contributed by atoms with Crippen LogP contribution in [0.4, 0.5) is 5.95 Å². The zero-order valence-corrected chi connectivity index (χ0v) is 14.3. The topological polar surface area (TPSA) is 77.6 Å². The summed E-state index contributed by atoms with van der Waals surface area (Å²) < 4.78 is 3.20. The molecule has 0 aliphatic carbocycles. The van der Waals surface area contributed by atoms with Gasteiger partial charge in [0.15, 0.2) is 0 Å². The minimum Gasteiger partial charge on any atom is -0.292 e.